The smallest absolute Gasteiger partial charge is 0.141 e. The van der Waals surface area contributed by atoms with Crippen LogP contribution in [0.3, 0.4) is 0 Å². The molecule has 0 saturated heterocycles. The first-order chi connectivity index (χ1) is 10.8. The lowest BCUT2D eigenvalue weighted by atomic mass is 9.54. The van der Waals surface area contributed by atoms with Gasteiger partial charge in [-0.25, -0.2) is 0 Å². The molecule has 6 atom stereocenters. The molecule has 0 heterocycles. The summed E-state index contributed by atoms with van der Waals surface area (Å²) in [5.74, 6) is 1.82. The number of rotatable bonds is 0. The Morgan fingerprint density at radius 3 is 1.59 bits per heavy atom. The fourth-order valence-corrected chi connectivity index (χ4v) is 6.41. The molecule has 0 aromatic carbocycles. The van der Waals surface area contributed by atoms with Gasteiger partial charge in [0.1, 0.15) is 11.6 Å². The maximum absolute atomic E-state index is 13.3. The molecule has 0 bridgehead atoms. The molecule has 5 aliphatic carbocycles. The number of carbonyl (C=O) groups excluding carboxylic acids is 2. The van der Waals surface area contributed by atoms with Crippen molar-refractivity contribution in [3.8, 4) is 0 Å². The van der Waals surface area contributed by atoms with Crippen LogP contribution in [0.1, 0.15) is 51.4 Å². The summed E-state index contributed by atoms with van der Waals surface area (Å²) in [6, 6.07) is 0. The van der Waals surface area contributed by atoms with Crippen LogP contribution in [0.5, 0.6) is 0 Å². The summed E-state index contributed by atoms with van der Waals surface area (Å²) in [7, 11) is 0. The van der Waals surface area contributed by atoms with Crippen molar-refractivity contribution in [1.82, 2.24) is 0 Å². The van der Waals surface area contributed by atoms with Gasteiger partial charge >= 0.3 is 0 Å². The third kappa shape index (κ3) is 1.62. The second-order valence-corrected chi connectivity index (χ2v) is 8.10. The highest BCUT2D eigenvalue weighted by Gasteiger charge is 2.56. The zero-order chi connectivity index (χ0) is 14.8. The SMILES string of the molecule is O=C1C2CC=C3CCCC3C2C(=O)C2CC=C3CCCC3C12. The lowest BCUT2D eigenvalue weighted by Crippen LogP contribution is -2.53. The Morgan fingerprint density at radius 1 is 0.682 bits per heavy atom. The van der Waals surface area contributed by atoms with E-state index in [2.05, 4.69) is 12.2 Å². The molecule has 2 heteroatoms. The highest BCUT2D eigenvalue weighted by Crippen LogP contribution is 2.55. The van der Waals surface area contributed by atoms with Gasteiger partial charge in [-0.1, -0.05) is 23.3 Å². The van der Waals surface area contributed by atoms with Crippen LogP contribution in [-0.2, 0) is 9.59 Å². The molecule has 0 amide bonds. The molecular weight excluding hydrogens is 272 g/mol. The Morgan fingerprint density at radius 2 is 1.14 bits per heavy atom. The van der Waals surface area contributed by atoms with Gasteiger partial charge in [0.05, 0.1) is 0 Å². The van der Waals surface area contributed by atoms with Crippen molar-refractivity contribution in [3.63, 3.8) is 0 Å². The fraction of sp³-hybridized carbons (Fsp3) is 0.700. The molecule has 6 unspecified atom stereocenters. The molecular formula is C20H24O2. The minimum absolute atomic E-state index is 0.0144. The van der Waals surface area contributed by atoms with Gasteiger partial charge in [0.15, 0.2) is 0 Å². The van der Waals surface area contributed by atoms with E-state index in [0.717, 1.165) is 38.5 Å². The number of ketones is 2. The summed E-state index contributed by atoms with van der Waals surface area (Å²) >= 11 is 0. The largest absolute Gasteiger partial charge is 0.299 e. The van der Waals surface area contributed by atoms with E-state index >= 15 is 0 Å². The Hall–Kier alpha value is -1.18. The average molecular weight is 296 g/mol. The second-order valence-electron chi connectivity index (χ2n) is 8.10. The predicted molar refractivity (Wildman–Crippen MR) is 84.1 cm³/mol. The standard InChI is InChI=1S/C20H24O2/c21-19-16-10-8-12-4-2-6-14(12)18(16)20(22)15-9-7-11-3-1-5-13(11)17(15)19/h7-8,13-18H,1-6,9-10H2. The minimum atomic E-state index is 0.0144. The minimum Gasteiger partial charge on any atom is -0.299 e. The van der Waals surface area contributed by atoms with Crippen LogP contribution in [0.15, 0.2) is 23.3 Å². The third-order valence-electron chi connectivity index (χ3n) is 7.30. The van der Waals surface area contributed by atoms with Crippen molar-refractivity contribution in [2.75, 3.05) is 0 Å². The van der Waals surface area contributed by atoms with Gasteiger partial charge in [-0.15, -0.1) is 0 Å². The summed E-state index contributed by atoms with van der Waals surface area (Å²) in [5, 5.41) is 0. The summed E-state index contributed by atoms with van der Waals surface area (Å²) in [6.45, 7) is 0. The van der Waals surface area contributed by atoms with Crippen LogP contribution in [0.2, 0.25) is 0 Å². The van der Waals surface area contributed by atoms with E-state index in [9.17, 15) is 9.59 Å². The predicted octanol–water partition coefficient (Wildman–Crippen LogP) is 3.86. The molecule has 0 N–H and O–H groups in total. The van der Waals surface area contributed by atoms with E-state index in [4.69, 9.17) is 0 Å². The Balaban J connectivity index is 1.56. The molecule has 5 aliphatic rings. The van der Waals surface area contributed by atoms with Gasteiger partial charge in [0.25, 0.3) is 0 Å². The van der Waals surface area contributed by atoms with E-state index < -0.39 is 0 Å². The molecule has 2 nitrogen and oxygen atoms in total. The molecule has 116 valence electrons. The monoisotopic (exact) mass is 296 g/mol. The van der Waals surface area contributed by atoms with Crippen LogP contribution in [0, 0.1) is 35.5 Å². The van der Waals surface area contributed by atoms with Crippen LogP contribution in [0.25, 0.3) is 0 Å². The summed E-state index contributed by atoms with van der Waals surface area (Å²) in [6.07, 6.45) is 13.3. The molecule has 0 aromatic heterocycles. The van der Waals surface area contributed by atoms with Gasteiger partial charge in [0.2, 0.25) is 0 Å². The first-order valence-electron chi connectivity index (χ1n) is 9.21. The van der Waals surface area contributed by atoms with Crippen LogP contribution >= 0.6 is 0 Å². The number of hydrogen-bond acceptors (Lipinski definition) is 2. The molecule has 3 saturated carbocycles. The molecule has 5 rings (SSSR count). The topological polar surface area (TPSA) is 34.1 Å². The highest BCUT2D eigenvalue weighted by molar-refractivity contribution is 6.01. The van der Waals surface area contributed by atoms with Gasteiger partial charge in [-0.2, -0.15) is 0 Å². The first-order valence-corrected chi connectivity index (χ1v) is 9.21. The molecule has 0 aliphatic heterocycles. The maximum Gasteiger partial charge on any atom is 0.141 e. The van der Waals surface area contributed by atoms with Gasteiger partial charge in [-0.05, 0) is 63.2 Å². The quantitative estimate of drug-likeness (QED) is 0.636. The summed E-state index contributed by atoms with van der Waals surface area (Å²) in [5.41, 5.74) is 2.99. The molecule has 0 aromatic rings. The molecule has 0 radical (unpaired) electrons. The number of fused-ring (bicyclic) bond motifs is 6. The van der Waals surface area contributed by atoms with Gasteiger partial charge in [-0.3, -0.25) is 9.59 Å². The van der Waals surface area contributed by atoms with E-state index in [0.29, 0.717) is 23.4 Å². The van der Waals surface area contributed by atoms with Gasteiger partial charge in [0, 0.05) is 23.7 Å². The molecule has 0 spiro atoms. The van der Waals surface area contributed by atoms with Crippen molar-refractivity contribution >= 4 is 11.6 Å². The van der Waals surface area contributed by atoms with Gasteiger partial charge < -0.3 is 0 Å². The lowest BCUT2D eigenvalue weighted by molar-refractivity contribution is -0.151. The van der Waals surface area contributed by atoms with Crippen molar-refractivity contribution in [1.29, 1.82) is 0 Å². The molecule has 22 heavy (non-hydrogen) atoms. The van der Waals surface area contributed by atoms with Crippen LogP contribution < -0.4 is 0 Å². The Bertz CT molecular complexity index is 557. The number of allylic oxidation sites excluding steroid dienone is 4. The zero-order valence-corrected chi connectivity index (χ0v) is 13.1. The van der Waals surface area contributed by atoms with Crippen molar-refractivity contribution < 1.29 is 9.59 Å². The number of hydrogen-bond donors (Lipinski definition) is 0. The first kappa shape index (κ1) is 13.3. The fourth-order valence-electron chi connectivity index (χ4n) is 6.41. The van der Waals surface area contributed by atoms with Crippen LogP contribution in [-0.4, -0.2) is 11.6 Å². The summed E-state index contributed by atoms with van der Waals surface area (Å²) in [4.78, 5) is 26.5. The van der Waals surface area contributed by atoms with Crippen molar-refractivity contribution in [3.05, 3.63) is 23.3 Å². The Labute approximate surface area is 132 Å². The lowest BCUT2D eigenvalue weighted by Gasteiger charge is -2.47. The average Bonchev–Trinajstić information content (AvgIpc) is 3.18. The zero-order valence-electron chi connectivity index (χ0n) is 13.1. The van der Waals surface area contributed by atoms with E-state index in [1.54, 1.807) is 0 Å². The second kappa shape index (κ2) is 4.66. The number of Topliss-reactive ketones (excluding diaryl/α,β-unsaturated/α-hetero) is 2. The normalized spacial score (nSPS) is 46.4. The summed E-state index contributed by atoms with van der Waals surface area (Å²) < 4.78 is 0. The number of carbonyl (C=O) groups is 2. The van der Waals surface area contributed by atoms with E-state index in [-0.39, 0.29) is 23.7 Å². The third-order valence-corrected chi connectivity index (χ3v) is 7.30. The highest BCUT2D eigenvalue weighted by atomic mass is 16.1. The van der Waals surface area contributed by atoms with Crippen LogP contribution in [0.4, 0.5) is 0 Å². The van der Waals surface area contributed by atoms with Crippen molar-refractivity contribution in [2.45, 2.75) is 51.4 Å². The maximum atomic E-state index is 13.3. The Kier molecular flexibility index (Phi) is 2.81. The van der Waals surface area contributed by atoms with E-state index in [1.807, 2.05) is 0 Å². The van der Waals surface area contributed by atoms with Crippen molar-refractivity contribution in [2.24, 2.45) is 35.5 Å². The van der Waals surface area contributed by atoms with E-state index in [1.165, 1.54) is 24.0 Å². The molecule has 3 fully saturated rings.